The summed E-state index contributed by atoms with van der Waals surface area (Å²) in [6.45, 7) is 0. The average Bonchev–Trinajstić information content (AvgIpc) is 2.18. The van der Waals surface area contributed by atoms with Gasteiger partial charge in [-0.05, 0) is 25.2 Å². The highest BCUT2D eigenvalue weighted by molar-refractivity contribution is 5.84. The van der Waals surface area contributed by atoms with E-state index in [4.69, 9.17) is 5.11 Å². The Balaban J connectivity index is 2.16. The van der Waals surface area contributed by atoms with E-state index in [-0.39, 0.29) is 17.8 Å². The molecule has 3 atom stereocenters. The summed E-state index contributed by atoms with van der Waals surface area (Å²) in [5, 5.41) is 9.05. The second-order valence-electron chi connectivity index (χ2n) is 4.50. The Hall–Kier alpha value is -0.860. The summed E-state index contributed by atoms with van der Waals surface area (Å²) in [6, 6.07) is 0. The summed E-state index contributed by atoms with van der Waals surface area (Å²) in [5.41, 5.74) is 0. The normalized spacial score (nSPS) is 37.7. The van der Waals surface area contributed by atoms with E-state index in [1.165, 1.54) is 0 Å². The van der Waals surface area contributed by atoms with Crippen LogP contribution in [0.4, 0.5) is 0 Å². The second-order valence-corrected chi connectivity index (χ2v) is 4.50. The molecule has 2 fully saturated rings. The first-order valence-electron chi connectivity index (χ1n) is 5.45. The first-order valence-corrected chi connectivity index (χ1v) is 5.45. The van der Waals surface area contributed by atoms with E-state index < -0.39 is 5.97 Å². The molecule has 3 heteroatoms. The Morgan fingerprint density at radius 3 is 2.64 bits per heavy atom. The Morgan fingerprint density at radius 2 is 1.93 bits per heavy atom. The molecule has 2 rings (SSSR count). The highest BCUT2D eigenvalue weighted by Crippen LogP contribution is 2.42. The van der Waals surface area contributed by atoms with E-state index in [0.717, 1.165) is 25.7 Å². The highest BCUT2D eigenvalue weighted by Gasteiger charge is 2.42. The van der Waals surface area contributed by atoms with Crippen LogP contribution in [-0.4, -0.2) is 16.9 Å². The number of carboxylic acids is 1. The van der Waals surface area contributed by atoms with Gasteiger partial charge in [0.2, 0.25) is 0 Å². The van der Waals surface area contributed by atoms with Crippen molar-refractivity contribution in [2.75, 3.05) is 0 Å². The van der Waals surface area contributed by atoms with Crippen LogP contribution in [0.1, 0.15) is 38.5 Å². The summed E-state index contributed by atoms with van der Waals surface area (Å²) in [4.78, 5) is 22.6. The molecule has 3 unspecified atom stereocenters. The van der Waals surface area contributed by atoms with Crippen LogP contribution < -0.4 is 0 Å². The summed E-state index contributed by atoms with van der Waals surface area (Å²) >= 11 is 0. The number of hydrogen-bond acceptors (Lipinski definition) is 2. The van der Waals surface area contributed by atoms with Gasteiger partial charge in [-0.1, -0.05) is 12.8 Å². The van der Waals surface area contributed by atoms with Crippen LogP contribution in [0.25, 0.3) is 0 Å². The number of carbonyl (C=O) groups is 2. The third-order valence-corrected chi connectivity index (χ3v) is 3.77. The minimum atomic E-state index is -0.700. The summed E-state index contributed by atoms with van der Waals surface area (Å²) in [5.74, 6) is -0.430. The monoisotopic (exact) mass is 196 g/mol. The molecule has 78 valence electrons. The van der Waals surface area contributed by atoms with Gasteiger partial charge in [-0.15, -0.1) is 0 Å². The Labute approximate surface area is 83.5 Å². The average molecular weight is 196 g/mol. The number of aliphatic carboxylic acids is 1. The van der Waals surface area contributed by atoms with Gasteiger partial charge in [-0.2, -0.15) is 0 Å². The Bertz CT molecular complexity index is 257. The predicted octanol–water partition coefficient (Wildman–Crippen LogP) is 1.86. The van der Waals surface area contributed by atoms with Crippen molar-refractivity contribution in [2.45, 2.75) is 38.5 Å². The fraction of sp³-hybridized carbons (Fsp3) is 0.818. The van der Waals surface area contributed by atoms with Crippen LogP contribution in [0.15, 0.2) is 0 Å². The van der Waals surface area contributed by atoms with Crippen LogP contribution in [0.5, 0.6) is 0 Å². The third kappa shape index (κ3) is 1.56. The van der Waals surface area contributed by atoms with Crippen molar-refractivity contribution in [3.63, 3.8) is 0 Å². The van der Waals surface area contributed by atoms with E-state index in [9.17, 15) is 9.59 Å². The standard InChI is InChI=1S/C11H16O3/c12-10-6-5-9(11(13)14)7-3-1-2-4-8(7)10/h7-9H,1-6H2,(H,13,14). The number of rotatable bonds is 1. The molecule has 0 heterocycles. The van der Waals surface area contributed by atoms with Crippen LogP contribution in [-0.2, 0) is 9.59 Å². The number of Topliss-reactive ketones (excluding diaryl/α,β-unsaturated/α-hetero) is 1. The fourth-order valence-corrected chi connectivity index (χ4v) is 3.04. The lowest BCUT2D eigenvalue weighted by Gasteiger charge is -2.38. The Morgan fingerprint density at radius 1 is 1.21 bits per heavy atom. The van der Waals surface area contributed by atoms with Crippen molar-refractivity contribution in [1.82, 2.24) is 0 Å². The van der Waals surface area contributed by atoms with Gasteiger partial charge in [0.05, 0.1) is 5.92 Å². The number of carboxylic acid groups (broad SMARTS) is 1. The maximum atomic E-state index is 11.6. The van der Waals surface area contributed by atoms with Gasteiger partial charge in [-0.3, -0.25) is 9.59 Å². The largest absolute Gasteiger partial charge is 0.481 e. The summed E-state index contributed by atoms with van der Waals surface area (Å²) in [7, 11) is 0. The molecule has 3 nitrogen and oxygen atoms in total. The quantitative estimate of drug-likeness (QED) is 0.696. The van der Waals surface area contributed by atoms with Gasteiger partial charge in [0.15, 0.2) is 0 Å². The lowest BCUT2D eigenvalue weighted by Crippen LogP contribution is -2.40. The molecule has 0 bridgehead atoms. The van der Waals surface area contributed by atoms with Gasteiger partial charge < -0.3 is 5.11 Å². The molecule has 0 saturated heterocycles. The zero-order valence-corrected chi connectivity index (χ0v) is 8.24. The minimum Gasteiger partial charge on any atom is -0.481 e. The number of carbonyl (C=O) groups excluding carboxylic acids is 1. The second kappa shape index (κ2) is 3.71. The summed E-state index contributed by atoms with van der Waals surface area (Å²) in [6.07, 6.45) is 5.10. The maximum Gasteiger partial charge on any atom is 0.306 e. The predicted molar refractivity (Wildman–Crippen MR) is 50.8 cm³/mol. The van der Waals surface area contributed by atoms with Crippen LogP contribution in [0.3, 0.4) is 0 Å². The van der Waals surface area contributed by atoms with Crippen molar-refractivity contribution in [1.29, 1.82) is 0 Å². The fourth-order valence-electron chi connectivity index (χ4n) is 3.04. The summed E-state index contributed by atoms with van der Waals surface area (Å²) < 4.78 is 0. The van der Waals surface area contributed by atoms with E-state index >= 15 is 0 Å². The van der Waals surface area contributed by atoms with E-state index in [1.807, 2.05) is 0 Å². The van der Waals surface area contributed by atoms with Gasteiger partial charge in [-0.25, -0.2) is 0 Å². The zero-order valence-electron chi connectivity index (χ0n) is 8.24. The zero-order chi connectivity index (χ0) is 10.1. The molecule has 0 aromatic carbocycles. The van der Waals surface area contributed by atoms with Gasteiger partial charge in [0.25, 0.3) is 0 Å². The molecule has 0 amide bonds. The van der Waals surface area contributed by atoms with Gasteiger partial charge >= 0.3 is 5.97 Å². The molecule has 14 heavy (non-hydrogen) atoms. The van der Waals surface area contributed by atoms with Crippen LogP contribution in [0, 0.1) is 17.8 Å². The number of fused-ring (bicyclic) bond motifs is 1. The first-order chi connectivity index (χ1) is 6.70. The van der Waals surface area contributed by atoms with Crippen molar-refractivity contribution >= 4 is 11.8 Å². The third-order valence-electron chi connectivity index (χ3n) is 3.77. The lowest BCUT2D eigenvalue weighted by atomic mass is 9.65. The molecule has 0 radical (unpaired) electrons. The molecular weight excluding hydrogens is 180 g/mol. The highest BCUT2D eigenvalue weighted by atomic mass is 16.4. The Kier molecular flexibility index (Phi) is 2.57. The van der Waals surface area contributed by atoms with Gasteiger partial charge in [0.1, 0.15) is 5.78 Å². The smallest absolute Gasteiger partial charge is 0.306 e. The molecule has 2 aliphatic carbocycles. The SMILES string of the molecule is O=C(O)C1CCC(=O)C2CCCCC12. The molecule has 0 aliphatic heterocycles. The van der Waals surface area contributed by atoms with Crippen molar-refractivity contribution < 1.29 is 14.7 Å². The molecule has 0 aromatic rings. The van der Waals surface area contributed by atoms with Crippen molar-refractivity contribution in [3.8, 4) is 0 Å². The van der Waals surface area contributed by atoms with E-state index in [2.05, 4.69) is 0 Å². The van der Waals surface area contributed by atoms with Crippen molar-refractivity contribution in [2.24, 2.45) is 17.8 Å². The lowest BCUT2D eigenvalue weighted by molar-refractivity contribution is -0.149. The molecule has 2 aliphatic rings. The molecule has 1 N–H and O–H groups in total. The first kappa shape index (κ1) is 9.69. The maximum absolute atomic E-state index is 11.6. The molecule has 2 saturated carbocycles. The van der Waals surface area contributed by atoms with Gasteiger partial charge in [0, 0.05) is 12.3 Å². The van der Waals surface area contributed by atoms with Crippen LogP contribution >= 0.6 is 0 Å². The van der Waals surface area contributed by atoms with E-state index in [1.54, 1.807) is 0 Å². The van der Waals surface area contributed by atoms with Crippen LogP contribution in [0.2, 0.25) is 0 Å². The molecule has 0 spiro atoms. The van der Waals surface area contributed by atoms with E-state index in [0.29, 0.717) is 18.6 Å². The number of ketones is 1. The van der Waals surface area contributed by atoms with Crippen molar-refractivity contribution in [3.05, 3.63) is 0 Å². The molecular formula is C11H16O3. The molecule has 0 aromatic heterocycles. The topological polar surface area (TPSA) is 54.4 Å². The minimum absolute atomic E-state index is 0.0681. The number of hydrogen-bond donors (Lipinski definition) is 1.